The number of nitrogens with two attached hydrogens (primary N) is 1. The fourth-order valence-electron chi connectivity index (χ4n) is 2.50. The van der Waals surface area contributed by atoms with Crippen LogP contribution in [0.1, 0.15) is 17.4 Å². The number of nitrogens with zero attached hydrogens (tertiary/aromatic N) is 3. The highest BCUT2D eigenvalue weighted by atomic mass is 16.3. The lowest BCUT2D eigenvalue weighted by Crippen LogP contribution is -2.46. The molecule has 5 amide bonds. The van der Waals surface area contributed by atoms with Crippen LogP contribution in [-0.4, -0.2) is 52.3 Å². The quantitative estimate of drug-likeness (QED) is 0.672. The summed E-state index contributed by atoms with van der Waals surface area (Å²) in [6.07, 6.45) is 2.84. The Labute approximate surface area is 153 Å². The van der Waals surface area contributed by atoms with Gasteiger partial charge >= 0.3 is 12.1 Å². The SMILES string of the molecule is NC(=O)C(NC(=O)N1CCN(/N=C/c2ccco2)C1=O)c1ccc(O)cc1. The van der Waals surface area contributed by atoms with Gasteiger partial charge in [0, 0.05) is 0 Å². The fourth-order valence-corrected chi connectivity index (χ4v) is 2.50. The van der Waals surface area contributed by atoms with E-state index in [0.29, 0.717) is 11.3 Å². The summed E-state index contributed by atoms with van der Waals surface area (Å²) < 4.78 is 5.09. The number of hydrogen-bond acceptors (Lipinski definition) is 6. The molecular weight excluding hydrogens is 354 g/mol. The van der Waals surface area contributed by atoms with Crippen LogP contribution in [0.2, 0.25) is 0 Å². The number of nitrogens with one attached hydrogen (secondary N) is 1. The van der Waals surface area contributed by atoms with Crippen LogP contribution in [-0.2, 0) is 4.79 Å². The number of aromatic hydroxyl groups is 1. The molecular formula is C17H17N5O5. The van der Waals surface area contributed by atoms with Crippen LogP contribution in [0.25, 0.3) is 0 Å². The Hall–Kier alpha value is -3.82. The minimum Gasteiger partial charge on any atom is -0.508 e. The van der Waals surface area contributed by atoms with Crippen molar-refractivity contribution < 1.29 is 23.9 Å². The summed E-state index contributed by atoms with van der Waals surface area (Å²) in [6, 6.07) is 6.44. The van der Waals surface area contributed by atoms with Crippen molar-refractivity contribution in [3.05, 3.63) is 54.0 Å². The molecule has 2 aromatic rings. The van der Waals surface area contributed by atoms with Crippen molar-refractivity contribution in [3.63, 3.8) is 0 Å². The third-order valence-corrected chi connectivity index (χ3v) is 3.88. The Morgan fingerprint density at radius 2 is 2.00 bits per heavy atom. The van der Waals surface area contributed by atoms with Crippen molar-refractivity contribution >= 4 is 24.2 Å². The van der Waals surface area contributed by atoms with Crippen LogP contribution in [0.4, 0.5) is 9.59 Å². The zero-order valence-corrected chi connectivity index (χ0v) is 14.1. The Morgan fingerprint density at radius 1 is 1.26 bits per heavy atom. The van der Waals surface area contributed by atoms with Crippen LogP contribution in [0.3, 0.4) is 0 Å². The number of rotatable bonds is 5. The van der Waals surface area contributed by atoms with Crippen molar-refractivity contribution in [3.8, 4) is 5.75 Å². The van der Waals surface area contributed by atoms with Gasteiger partial charge in [0.2, 0.25) is 5.91 Å². The molecule has 4 N–H and O–H groups in total. The highest BCUT2D eigenvalue weighted by Gasteiger charge is 2.35. The summed E-state index contributed by atoms with van der Waals surface area (Å²) in [6.45, 7) is 0.297. The number of carbonyl (C=O) groups excluding carboxylic acids is 3. The number of benzene rings is 1. The Morgan fingerprint density at radius 3 is 2.63 bits per heavy atom. The normalized spacial score (nSPS) is 15.3. The fraction of sp³-hybridized carbons (Fsp3) is 0.176. The van der Waals surface area contributed by atoms with Crippen molar-refractivity contribution in [2.45, 2.75) is 6.04 Å². The number of urea groups is 2. The number of phenols is 1. The summed E-state index contributed by atoms with van der Waals surface area (Å²) in [5, 5.41) is 16.9. The minimum atomic E-state index is -1.15. The lowest BCUT2D eigenvalue weighted by molar-refractivity contribution is -0.119. The lowest BCUT2D eigenvalue weighted by Gasteiger charge is -2.20. The van der Waals surface area contributed by atoms with Gasteiger partial charge in [-0.1, -0.05) is 12.1 Å². The smallest absolute Gasteiger partial charge is 0.348 e. The topological polar surface area (TPSA) is 141 Å². The zero-order chi connectivity index (χ0) is 19.4. The van der Waals surface area contributed by atoms with Gasteiger partial charge in [0.1, 0.15) is 17.6 Å². The number of phenolic OH excluding ortho intramolecular Hbond substituents is 1. The van der Waals surface area contributed by atoms with Crippen molar-refractivity contribution in [2.75, 3.05) is 13.1 Å². The average molecular weight is 371 g/mol. The van der Waals surface area contributed by atoms with Crippen molar-refractivity contribution in [1.29, 1.82) is 0 Å². The molecule has 1 aliphatic rings. The predicted molar refractivity (Wildman–Crippen MR) is 93.7 cm³/mol. The highest BCUT2D eigenvalue weighted by molar-refractivity contribution is 5.97. The third kappa shape index (κ3) is 4.06. The molecule has 10 nitrogen and oxygen atoms in total. The van der Waals surface area contributed by atoms with Gasteiger partial charge < -0.3 is 20.6 Å². The van der Waals surface area contributed by atoms with Gasteiger partial charge in [-0.15, -0.1) is 0 Å². The van der Waals surface area contributed by atoms with Crippen LogP contribution in [0.15, 0.2) is 52.2 Å². The van der Waals surface area contributed by atoms with E-state index in [0.717, 1.165) is 9.91 Å². The average Bonchev–Trinajstić information content (AvgIpc) is 3.28. The number of carbonyl (C=O) groups is 3. The molecule has 1 fully saturated rings. The monoisotopic (exact) mass is 371 g/mol. The predicted octanol–water partition coefficient (Wildman–Crippen LogP) is 0.993. The zero-order valence-electron chi connectivity index (χ0n) is 14.1. The van der Waals surface area contributed by atoms with Crippen molar-refractivity contribution in [2.24, 2.45) is 10.8 Å². The van der Waals surface area contributed by atoms with Crippen LogP contribution < -0.4 is 11.1 Å². The van der Waals surface area contributed by atoms with Gasteiger partial charge in [-0.25, -0.2) is 19.5 Å². The molecule has 140 valence electrons. The van der Waals surface area contributed by atoms with Gasteiger partial charge in [0.05, 0.1) is 25.6 Å². The van der Waals surface area contributed by atoms with E-state index in [2.05, 4.69) is 10.4 Å². The van der Waals surface area contributed by atoms with Gasteiger partial charge in [-0.3, -0.25) is 4.79 Å². The molecule has 0 bridgehead atoms. The second-order valence-electron chi connectivity index (χ2n) is 5.69. The number of hydrogen-bond donors (Lipinski definition) is 3. The second kappa shape index (κ2) is 7.60. The van der Waals surface area contributed by atoms with Gasteiger partial charge in [0.25, 0.3) is 0 Å². The van der Waals surface area contributed by atoms with Gasteiger partial charge in [-0.2, -0.15) is 5.10 Å². The third-order valence-electron chi connectivity index (χ3n) is 3.88. The summed E-state index contributed by atoms with van der Waals surface area (Å²) in [4.78, 5) is 37.4. The standard InChI is InChI=1S/C17H17N5O5/c18-15(24)14(11-3-5-12(23)6-4-11)20-16(25)21-7-8-22(17(21)26)19-10-13-2-1-9-27-13/h1-6,9-10,14,23H,7-8H2,(H2,18,24)(H,20,25)/b19-10+. The first-order valence-electron chi connectivity index (χ1n) is 8.01. The Kier molecular flexibility index (Phi) is 5.06. The first-order valence-corrected chi connectivity index (χ1v) is 8.01. The molecule has 27 heavy (non-hydrogen) atoms. The molecule has 0 saturated carbocycles. The molecule has 1 aromatic carbocycles. The molecule has 10 heteroatoms. The summed E-state index contributed by atoms with van der Waals surface area (Å²) in [5.74, 6) is -0.326. The molecule has 1 saturated heterocycles. The van der Waals surface area contributed by atoms with E-state index in [9.17, 15) is 19.5 Å². The molecule has 1 atom stereocenters. The summed E-state index contributed by atoms with van der Waals surface area (Å²) in [7, 11) is 0. The molecule has 0 radical (unpaired) electrons. The molecule has 1 aromatic heterocycles. The van der Waals surface area contributed by atoms with E-state index in [1.807, 2.05) is 0 Å². The van der Waals surface area contributed by atoms with E-state index in [1.54, 1.807) is 12.1 Å². The highest BCUT2D eigenvalue weighted by Crippen LogP contribution is 2.18. The summed E-state index contributed by atoms with van der Waals surface area (Å²) in [5.41, 5.74) is 5.74. The molecule has 0 spiro atoms. The van der Waals surface area contributed by atoms with E-state index < -0.39 is 24.0 Å². The first kappa shape index (κ1) is 18.0. The lowest BCUT2D eigenvalue weighted by atomic mass is 10.1. The Balaban J connectivity index is 1.67. The molecule has 1 aliphatic heterocycles. The minimum absolute atomic E-state index is 0.00748. The van der Waals surface area contributed by atoms with Crippen molar-refractivity contribution in [1.82, 2.24) is 15.2 Å². The summed E-state index contributed by atoms with van der Waals surface area (Å²) >= 11 is 0. The molecule has 3 rings (SSSR count). The number of amides is 5. The first-order chi connectivity index (χ1) is 13.0. The van der Waals surface area contributed by atoms with E-state index in [4.69, 9.17) is 10.2 Å². The van der Waals surface area contributed by atoms with E-state index >= 15 is 0 Å². The maximum absolute atomic E-state index is 12.4. The van der Waals surface area contributed by atoms with Crippen LogP contribution in [0.5, 0.6) is 5.75 Å². The molecule has 1 unspecified atom stereocenters. The largest absolute Gasteiger partial charge is 0.508 e. The van der Waals surface area contributed by atoms with Gasteiger partial charge in [-0.05, 0) is 29.8 Å². The molecule has 2 heterocycles. The van der Waals surface area contributed by atoms with E-state index in [1.165, 1.54) is 36.7 Å². The number of imide groups is 1. The van der Waals surface area contributed by atoms with E-state index in [-0.39, 0.29) is 18.8 Å². The second-order valence-corrected chi connectivity index (χ2v) is 5.69. The maximum Gasteiger partial charge on any atom is 0.348 e. The number of furan rings is 1. The van der Waals surface area contributed by atoms with Gasteiger partial charge in [0.15, 0.2) is 0 Å². The Bertz CT molecular complexity index is 862. The van der Waals surface area contributed by atoms with Crippen LogP contribution >= 0.6 is 0 Å². The maximum atomic E-state index is 12.4. The number of primary amides is 1. The van der Waals surface area contributed by atoms with Crippen LogP contribution in [0, 0.1) is 0 Å². The number of hydrazone groups is 1. The molecule has 0 aliphatic carbocycles.